The molecule has 5 nitrogen and oxygen atoms in total. The van der Waals surface area contributed by atoms with Crippen molar-refractivity contribution in [3.8, 4) is 0 Å². The van der Waals surface area contributed by atoms with Gasteiger partial charge in [0, 0.05) is 5.69 Å². The molecule has 2 N–H and O–H groups in total. The van der Waals surface area contributed by atoms with Gasteiger partial charge in [0.15, 0.2) is 6.61 Å². The number of carbonyl (C=O) groups excluding carboxylic acids is 2. The summed E-state index contributed by atoms with van der Waals surface area (Å²) in [5.74, 6) is -1.47. The fraction of sp³-hybridized carbons (Fsp3) is 0.222. The lowest BCUT2D eigenvalue weighted by Crippen LogP contribution is -2.41. The van der Waals surface area contributed by atoms with Crippen molar-refractivity contribution in [3.05, 3.63) is 64.9 Å². The quantitative estimate of drug-likeness (QED) is 0.771. The second-order valence-corrected chi connectivity index (χ2v) is 6.30. The third-order valence-electron chi connectivity index (χ3n) is 3.63. The summed E-state index contributed by atoms with van der Waals surface area (Å²) < 4.78 is 13.1. The van der Waals surface area contributed by atoms with Crippen LogP contribution < -0.4 is 10.8 Å². The largest absolute Gasteiger partial charge is 0.324 e. The fourth-order valence-corrected chi connectivity index (χ4v) is 2.23. The summed E-state index contributed by atoms with van der Waals surface area (Å²) >= 11 is 5.64. The maximum Gasteiger partial charge on any atom is 0.253 e. The van der Waals surface area contributed by atoms with E-state index in [0.717, 1.165) is 11.6 Å². The average Bonchev–Trinajstić information content (AvgIpc) is 2.59. The first-order valence-electron chi connectivity index (χ1n) is 7.53. The Labute approximate surface area is 150 Å². The highest BCUT2D eigenvalue weighted by atomic mass is 35.5. The molecule has 2 rings (SSSR count). The maximum absolute atomic E-state index is 13.1. The van der Waals surface area contributed by atoms with Gasteiger partial charge in [-0.3, -0.25) is 14.4 Å². The van der Waals surface area contributed by atoms with Gasteiger partial charge in [0.25, 0.3) is 11.8 Å². The van der Waals surface area contributed by atoms with Crippen LogP contribution >= 0.6 is 11.6 Å². The molecule has 0 saturated carbocycles. The number of carbonyl (C=O) groups is 2. The summed E-state index contributed by atoms with van der Waals surface area (Å²) in [5.41, 5.74) is 2.61. The minimum absolute atomic E-state index is 0.100. The summed E-state index contributed by atoms with van der Waals surface area (Å²) in [7, 11) is 0. The number of rotatable bonds is 6. The molecule has 0 saturated heterocycles. The highest BCUT2D eigenvalue weighted by Gasteiger charge is 2.29. The van der Waals surface area contributed by atoms with Crippen LogP contribution in [0.25, 0.3) is 0 Å². The van der Waals surface area contributed by atoms with E-state index in [1.54, 1.807) is 13.8 Å². The number of hydroxylamine groups is 1. The third-order valence-corrected chi connectivity index (χ3v) is 3.92. The number of halogens is 2. The molecule has 0 spiro atoms. The number of anilines is 1. The number of amides is 2. The van der Waals surface area contributed by atoms with E-state index in [2.05, 4.69) is 10.8 Å². The molecule has 25 heavy (non-hydrogen) atoms. The van der Waals surface area contributed by atoms with E-state index < -0.39 is 23.7 Å². The molecule has 0 unspecified atom stereocenters. The zero-order valence-electron chi connectivity index (χ0n) is 13.8. The Hall–Kier alpha value is -2.44. The Kier molecular flexibility index (Phi) is 6.12. The molecule has 2 aromatic carbocycles. The fourth-order valence-electron chi connectivity index (χ4n) is 2.05. The predicted octanol–water partition coefficient (Wildman–Crippen LogP) is 3.44. The molecule has 0 aliphatic rings. The van der Waals surface area contributed by atoms with Gasteiger partial charge < -0.3 is 5.32 Å². The van der Waals surface area contributed by atoms with Gasteiger partial charge >= 0.3 is 0 Å². The van der Waals surface area contributed by atoms with Crippen molar-refractivity contribution in [1.29, 1.82) is 0 Å². The monoisotopic (exact) mass is 364 g/mol. The van der Waals surface area contributed by atoms with E-state index in [9.17, 15) is 14.0 Å². The van der Waals surface area contributed by atoms with E-state index in [-0.39, 0.29) is 10.9 Å². The van der Waals surface area contributed by atoms with Crippen LogP contribution in [0.4, 0.5) is 10.1 Å². The first-order chi connectivity index (χ1) is 11.8. The van der Waals surface area contributed by atoms with Crippen molar-refractivity contribution in [1.82, 2.24) is 5.48 Å². The smallest absolute Gasteiger partial charge is 0.253 e. The number of hydrogen-bond donors (Lipinski definition) is 2. The van der Waals surface area contributed by atoms with Gasteiger partial charge in [0.1, 0.15) is 5.82 Å². The first kappa shape index (κ1) is 18.9. The zero-order valence-corrected chi connectivity index (χ0v) is 14.6. The Bertz CT molecular complexity index is 766. The Balaban J connectivity index is 1.84. The Morgan fingerprint density at radius 2 is 1.84 bits per heavy atom. The number of nitrogens with one attached hydrogen (secondary N) is 2. The molecule has 0 bridgehead atoms. The van der Waals surface area contributed by atoms with Gasteiger partial charge in [-0.2, -0.15) is 0 Å². The van der Waals surface area contributed by atoms with E-state index in [1.807, 2.05) is 30.3 Å². The molecule has 132 valence electrons. The normalized spacial score (nSPS) is 11.0. The van der Waals surface area contributed by atoms with E-state index in [1.165, 1.54) is 12.1 Å². The van der Waals surface area contributed by atoms with Crippen LogP contribution in [0.3, 0.4) is 0 Å². The second kappa shape index (κ2) is 8.09. The van der Waals surface area contributed by atoms with E-state index in [0.29, 0.717) is 5.69 Å². The SMILES string of the molecule is CC(C)(C(=O)NOCC(=O)Nc1ccc(F)c(Cl)c1)c1ccccc1. The van der Waals surface area contributed by atoms with Crippen molar-refractivity contribution in [2.24, 2.45) is 0 Å². The van der Waals surface area contributed by atoms with Crippen LogP contribution in [0.15, 0.2) is 48.5 Å². The lowest BCUT2D eigenvalue weighted by atomic mass is 9.84. The molecule has 7 heteroatoms. The predicted molar refractivity (Wildman–Crippen MR) is 93.6 cm³/mol. The van der Waals surface area contributed by atoms with Crippen LogP contribution in [0.1, 0.15) is 19.4 Å². The second-order valence-electron chi connectivity index (χ2n) is 5.89. The summed E-state index contributed by atoms with van der Waals surface area (Å²) in [6.45, 7) is 3.11. The molecular formula is C18H18ClFN2O3. The summed E-state index contributed by atoms with van der Waals surface area (Å²) in [6.07, 6.45) is 0. The van der Waals surface area contributed by atoms with Crippen molar-refractivity contribution in [2.45, 2.75) is 19.3 Å². The van der Waals surface area contributed by atoms with E-state index >= 15 is 0 Å². The maximum atomic E-state index is 13.1. The lowest BCUT2D eigenvalue weighted by Gasteiger charge is -2.23. The Morgan fingerprint density at radius 1 is 1.16 bits per heavy atom. The highest BCUT2D eigenvalue weighted by molar-refractivity contribution is 6.31. The molecular weight excluding hydrogens is 347 g/mol. The highest BCUT2D eigenvalue weighted by Crippen LogP contribution is 2.23. The van der Waals surface area contributed by atoms with Gasteiger partial charge in [0.2, 0.25) is 0 Å². The minimum Gasteiger partial charge on any atom is -0.324 e. The van der Waals surface area contributed by atoms with Gasteiger partial charge in [-0.25, -0.2) is 9.87 Å². The van der Waals surface area contributed by atoms with E-state index in [4.69, 9.17) is 16.4 Å². The van der Waals surface area contributed by atoms with Crippen molar-refractivity contribution < 1.29 is 18.8 Å². The van der Waals surface area contributed by atoms with Crippen molar-refractivity contribution in [3.63, 3.8) is 0 Å². The lowest BCUT2D eigenvalue weighted by molar-refractivity contribution is -0.141. The summed E-state index contributed by atoms with van der Waals surface area (Å²) in [6, 6.07) is 13.0. The number of benzene rings is 2. The van der Waals surface area contributed by atoms with Crippen molar-refractivity contribution in [2.75, 3.05) is 11.9 Å². The summed E-state index contributed by atoms with van der Waals surface area (Å²) in [5, 5.41) is 2.39. The molecule has 0 fully saturated rings. The Morgan fingerprint density at radius 3 is 2.48 bits per heavy atom. The molecule has 2 aromatic rings. The van der Waals surface area contributed by atoms with Crippen LogP contribution in [0.5, 0.6) is 0 Å². The standard InChI is InChI=1S/C18H18ClFN2O3/c1-18(2,12-6-4-3-5-7-12)17(24)22-25-11-16(23)21-13-8-9-15(20)14(19)10-13/h3-10H,11H2,1-2H3,(H,21,23)(H,22,24). The van der Waals surface area contributed by atoms with Crippen molar-refractivity contribution >= 4 is 29.1 Å². The molecule has 0 aliphatic carbocycles. The van der Waals surface area contributed by atoms with Gasteiger partial charge in [-0.1, -0.05) is 41.9 Å². The van der Waals surface area contributed by atoms with Crippen LogP contribution in [-0.4, -0.2) is 18.4 Å². The molecule has 0 radical (unpaired) electrons. The topological polar surface area (TPSA) is 67.4 Å². The molecule has 0 aromatic heterocycles. The third kappa shape index (κ3) is 5.01. The zero-order chi connectivity index (χ0) is 18.4. The summed E-state index contributed by atoms with van der Waals surface area (Å²) in [4.78, 5) is 29.0. The number of hydrogen-bond acceptors (Lipinski definition) is 3. The first-order valence-corrected chi connectivity index (χ1v) is 7.91. The molecule has 0 aliphatic heterocycles. The minimum atomic E-state index is -0.817. The average molecular weight is 365 g/mol. The molecule has 2 amide bonds. The molecule has 0 atom stereocenters. The van der Waals surface area contributed by atoms with Crippen LogP contribution in [-0.2, 0) is 19.8 Å². The van der Waals surface area contributed by atoms with Gasteiger partial charge in [-0.05, 0) is 37.6 Å². The van der Waals surface area contributed by atoms with Gasteiger partial charge in [0.05, 0.1) is 10.4 Å². The molecule has 0 heterocycles. The van der Waals surface area contributed by atoms with Gasteiger partial charge in [-0.15, -0.1) is 0 Å². The van der Waals surface area contributed by atoms with Crippen LogP contribution in [0, 0.1) is 5.82 Å². The van der Waals surface area contributed by atoms with Crippen LogP contribution in [0.2, 0.25) is 5.02 Å².